The normalized spacial score (nSPS) is 12.5. The van der Waals surface area contributed by atoms with E-state index in [2.05, 4.69) is 0 Å². The van der Waals surface area contributed by atoms with Gasteiger partial charge in [0.05, 0.1) is 12.7 Å². The van der Waals surface area contributed by atoms with E-state index in [-0.39, 0.29) is 5.82 Å². The average molecular weight is 241 g/mol. The number of benzene rings is 1. The number of ether oxygens (including phenoxy) is 1. The van der Waals surface area contributed by atoms with E-state index < -0.39 is 6.10 Å². The molecular weight excluding hydrogens is 221 g/mol. The summed E-state index contributed by atoms with van der Waals surface area (Å²) in [5.41, 5.74) is 1.44. The Morgan fingerprint density at radius 3 is 2.76 bits per heavy atom. The van der Waals surface area contributed by atoms with E-state index in [0.29, 0.717) is 25.3 Å². The highest BCUT2D eigenvalue weighted by Crippen LogP contribution is 2.26. The first-order chi connectivity index (χ1) is 8.06. The molecule has 0 aliphatic heterocycles. The number of rotatable bonds is 6. The molecule has 0 saturated carbocycles. The van der Waals surface area contributed by atoms with Crippen molar-refractivity contribution in [2.24, 2.45) is 0 Å². The molecule has 1 aromatic rings. The van der Waals surface area contributed by atoms with Crippen LogP contribution >= 0.6 is 0 Å². The molecule has 4 heteroatoms. The standard InChI is InChI=1S/C13H20FNO2/c1-4-17-8-7-15(3)13-6-5-11(14)9-12(13)10(2)16/h5-6,9-10,16H,4,7-8H2,1-3H3/t10-/m1/s1. The summed E-state index contributed by atoms with van der Waals surface area (Å²) in [5, 5.41) is 9.62. The highest BCUT2D eigenvalue weighted by atomic mass is 19.1. The molecule has 1 atom stereocenters. The van der Waals surface area contributed by atoms with E-state index >= 15 is 0 Å². The maximum Gasteiger partial charge on any atom is 0.123 e. The third-order valence-electron chi connectivity index (χ3n) is 2.63. The maximum absolute atomic E-state index is 13.1. The van der Waals surface area contributed by atoms with Crippen molar-refractivity contribution >= 4 is 5.69 Å². The number of aliphatic hydroxyl groups excluding tert-OH is 1. The van der Waals surface area contributed by atoms with Gasteiger partial charge in [-0.3, -0.25) is 0 Å². The summed E-state index contributed by atoms with van der Waals surface area (Å²) in [4.78, 5) is 1.96. The van der Waals surface area contributed by atoms with Crippen LogP contribution in [0.25, 0.3) is 0 Å². The van der Waals surface area contributed by atoms with Crippen molar-refractivity contribution in [1.82, 2.24) is 0 Å². The number of aliphatic hydroxyl groups is 1. The van der Waals surface area contributed by atoms with Crippen molar-refractivity contribution in [1.29, 1.82) is 0 Å². The van der Waals surface area contributed by atoms with Crippen LogP contribution in [-0.4, -0.2) is 31.9 Å². The van der Waals surface area contributed by atoms with Crippen molar-refractivity contribution < 1.29 is 14.2 Å². The molecule has 0 amide bonds. The molecule has 0 unspecified atom stereocenters. The zero-order chi connectivity index (χ0) is 12.8. The molecule has 1 N–H and O–H groups in total. The van der Waals surface area contributed by atoms with E-state index in [1.54, 1.807) is 13.0 Å². The minimum absolute atomic E-state index is 0.331. The van der Waals surface area contributed by atoms with Gasteiger partial charge in [0.2, 0.25) is 0 Å². The first-order valence-corrected chi connectivity index (χ1v) is 5.82. The lowest BCUT2D eigenvalue weighted by molar-refractivity contribution is 0.154. The van der Waals surface area contributed by atoms with Crippen LogP contribution in [0.5, 0.6) is 0 Å². The van der Waals surface area contributed by atoms with Gasteiger partial charge in [0.15, 0.2) is 0 Å². The van der Waals surface area contributed by atoms with Gasteiger partial charge >= 0.3 is 0 Å². The second-order valence-corrected chi connectivity index (χ2v) is 4.00. The summed E-state index contributed by atoms with van der Waals surface area (Å²) in [7, 11) is 1.90. The molecule has 1 rings (SSSR count). The lowest BCUT2D eigenvalue weighted by atomic mass is 10.1. The Hall–Kier alpha value is -1.13. The summed E-state index contributed by atoms with van der Waals surface area (Å²) in [5.74, 6) is -0.331. The number of halogens is 1. The van der Waals surface area contributed by atoms with Crippen LogP contribution in [0.2, 0.25) is 0 Å². The quantitative estimate of drug-likeness (QED) is 0.776. The minimum atomic E-state index is -0.685. The molecule has 0 fully saturated rings. The molecule has 17 heavy (non-hydrogen) atoms. The average Bonchev–Trinajstić information content (AvgIpc) is 2.29. The molecule has 0 bridgehead atoms. The number of anilines is 1. The fraction of sp³-hybridized carbons (Fsp3) is 0.538. The number of likely N-dealkylation sites (N-methyl/N-ethyl adjacent to an activating group) is 1. The zero-order valence-corrected chi connectivity index (χ0v) is 10.6. The Morgan fingerprint density at radius 1 is 1.47 bits per heavy atom. The van der Waals surface area contributed by atoms with Crippen LogP contribution in [0.3, 0.4) is 0 Å². The van der Waals surface area contributed by atoms with Crippen molar-refractivity contribution in [2.75, 3.05) is 31.7 Å². The smallest absolute Gasteiger partial charge is 0.123 e. The molecule has 0 saturated heterocycles. The Labute approximate surface area is 102 Å². The molecule has 3 nitrogen and oxygen atoms in total. The summed E-state index contributed by atoms with van der Waals surface area (Å²) < 4.78 is 18.4. The van der Waals surface area contributed by atoms with Crippen molar-refractivity contribution in [2.45, 2.75) is 20.0 Å². The van der Waals surface area contributed by atoms with Gasteiger partial charge in [-0.1, -0.05) is 0 Å². The van der Waals surface area contributed by atoms with Gasteiger partial charge in [-0.25, -0.2) is 4.39 Å². The summed E-state index contributed by atoms with van der Waals surface area (Å²) >= 11 is 0. The predicted molar refractivity (Wildman–Crippen MR) is 66.8 cm³/mol. The Balaban J connectivity index is 2.81. The van der Waals surface area contributed by atoms with Gasteiger partial charge in [-0.15, -0.1) is 0 Å². The molecule has 0 aliphatic rings. The second kappa shape index (κ2) is 6.57. The summed E-state index contributed by atoms with van der Waals surface area (Å²) in [6.45, 7) is 5.58. The van der Waals surface area contributed by atoms with E-state index in [0.717, 1.165) is 5.69 Å². The molecule has 0 heterocycles. The third-order valence-corrected chi connectivity index (χ3v) is 2.63. The molecule has 1 aromatic carbocycles. The first-order valence-electron chi connectivity index (χ1n) is 5.82. The van der Waals surface area contributed by atoms with Gasteiger partial charge in [0, 0.05) is 31.5 Å². The van der Waals surface area contributed by atoms with Crippen LogP contribution in [0.4, 0.5) is 10.1 Å². The highest BCUT2D eigenvalue weighted by Gasteiger charge is 2.12. The fourth-order valence-corrected chi connectivity index (χ4v) is 1.67. The predicted octanol–water partition coefficient (Wildman–Crippen LogP) is 2.35. The molecule has 96 valence electrons. The SMILES string of the molecule is CCOCCN(C)c1ccc(F)cc1[C@@H](C)O. The van der Waals surface area contributed by atoms with Crippen LogP contribution in [-0.2, 0) is 4.74 Å². The molecule has 0 aliphatic carbocycles. The van der Waals surface area contributed by atoms with Crippen molar-refractivity contribution in [3.8, 4) is 0 Å². The number of hydrogen-bond acceptors (Lipinski definition) is 3. The first kappa shape index (κ1) is 13.9. The van der Waals surface area contributed by atoms with Gasteiger partial charge in [-0.05, 0) is 32.0 Å². The van der Waals surface area contributed by atoms with Gasteiger partial charge in [0.25, 0.3) is 0 Å². The molecular formula is C13H20FNO2. The van der Waals surface area contributed by atoms with Crippen molar-refractivity contribution in [3.05, 3.63) is 29.6 Å². The van der Waals surface area contributed by atoms with E-state index in [4.69, 9.17) is 4.74 Å². The monoisotopic (exact) mass is 241 g/mol. The summed E-state index contributed by atoms with van der Waals surface area (Å²) in [6, 6.07) is 4.46. The van der Waals surface area contributed by atoms with Crippen molar-refractivity contribution in [3.63, 3.8) is 0 Å². The molecule has 0 radical (unpaired) electrons. The van der Waals surface area contributed by atoms with E-state index in [1.807, 2.05) is 18.9 Å². The second-order valence-electron chi connectivity index (χ2n) is 4.00. The topological polar surface area (TPSA) is 32.7 Å². The number of nitrogens with zero attached hydrogens (tertiary/aromatic N) is 1. The van der Waals surface area contributed by atoms with Gasteiger partial charge in [-0.2, -0.15) is 0 Å². The Bertz CT molecular complexity index is 355. The van der Waals surface area contributed by atoms with Crippen LogP contribution in [0, 0.1) is 5.82 Å². The molecule has 0 spiro atoms. The third kappa shape index (κ3) is 3.98. The van der Waals surface area contributed by atoms with Crippen LogP contribution in [0.15, 0.2) is 18.2 Å². The Morgan fingerprint density at radius 2 is 2.18 bits per heavy atom. The lowest BCUT2D eigenvalue weighted by Crippen LogP contribution is -2.24. The van der Waals surface area contributed by atoms with Crippen LogP contribution < -0.4 is 4.90 Å². The largest absolute Gasteiger partial charge is 0.389 e. The van der Waals surface area contributed by atoms with E-state index in [1.165, 1.54) is 12.1 Å². The minimum Gasteiger partial charge on any atom is -0.389 e. The molecule has 0 aromatic heterocycles. The maximum atomic E-state index is 13.1. The van der Waals surface area contributed by atoms with E-state index in [9.17, 15) is 9.50 Å². The van der Waals surface area contributed by atoms with Crippen LogP contribution in [0.1, 0.15) is 25.5 Å². The van der Waals surface area contributed by atoms with Gasteiger partial charge < -0.3 is 14.7 Å². The highest BCUT2D eigenvalue weighted by molar-refractivity contribution is 5.54. The Kier molecular flexibility index (Phi) is 5.38. The number of hydrogen-bond donors (Lipinski definition) is 1. The fourth-order valence-electron chi connectivity index (χ4n) is 1.67. The lowest BCUT2D eigenvalue weighted by Gasteiger charge is -2.23. The van der Waals surface area contributed by atoms with Gasteiger partial charge in [0.1, 0.15) is 5.82 Å². The summed E-state index contributed by atoms with van der Waals surface area (Å²) in [6.07, 6.45) is -0.685. The zero-order valence-electron chi connectivity index (χ0n) is 10.6.